The highest BCUT2D eigenvalue weighted by molar-refractivity contribution is 7.86. The lowest BCUT2D eigenvalue weighted by Crippen LogP contribution is -2.23. The van der Waals surface area contributed by atoms with Crippen LogP contribution in [0.1, 0.15) is 74.5 Å². The van der Waals surface area contributed by atoms with Gasteiger partial charge in [0.25, 0.3) is 0 Å². The molecule has 2 rings (SSSR count). The van der Waals surface area contributed by atoms with Crippen molar-refractivity contribution in [3.63, 3.8) is 0 Å². The standard InChI is InChI=1S/C24H33NO5S/c1-8-21(19-10-12-20(13-11-19)23(29-26)24(6,7)9-2)25-30-31(27,28)22-17(4)14-16(3)15-18(22)5/h10-15,23,26H,8-9H2,1-7H3/b25-21-. The predicted molar refractivity (Wildman–Crippen MR) is 123 cm³/mol. The summed E-state index contributed by atoms with van der Waals surface area (Å²) in [7, 11) is -4.04. The minimum absolute atomic E-state index is 0.150. The van der Waals surface area contributed by atoms with E-state index in [-0.39, 0.29) is 10.3 Å². The van der Waals surface area contributed by atoms with E-state index in [0.29, 0.717) is 23.3 Å². The summed E-state index contributed by atoms with van der Waals surface area (Å²) in [6.07, 6.45) is 0.837. The topological polar surface area (TPSA) is 85.2 Å². The van der Waals surface area contributed by atoms with Gasteiger partial charge in [0.05, 0.1) is 5.71 Å². The number of hydrogen-bond acceptors (Lipinski definition) is 6. The summed E-state index contributed by atoms with van der Waals surface area (Å²) >= 11 is 0. The van der Waals surface area contributed by atoms with Crippen LogP contribution in [0, 0.1) is 26.2 Å². The fraction of sp³-hybridized carbons (Fsp3) is 0.458. The molecule has 1 atom stereocenters. The Balaban J connectivity index is 2.32. The van der Waals surface area contributed by atoms with Gasteiger partial charge in [0.15, 0.2) is 0 Å². The molecule has 170 valence electrons. The molecule has 0 bridgehead atoms. The summed E-state index contributed by atoms with van der Waals surface area (Å²) in [6, 6.07) is 11.0. The number of benzene rings is 2. The molecule has 1 unspecified atom stereocenters. The maximum Gasteiger partial charge on any atom is 0.359 e. The monoisotopic (exact) mass is 447 g/mol. The van der Waals surface area contributed by atoms with Gasteiger partial charge in [0.2, 0.25) is 0 Å². The average molecular weight is 448 g/mol. The van der Waals surface area contributed by atoms with E-state index < -0.39 is 16.2 Å². The van der Waals surface area contributed by atoms with Crippen LogP contribution in [0.25, 0.3) is 0 Å². The molecule has 0 aliphatic rings. The van der Waals surface area contributed by atoms with Crippen molar-refractivity contribution >= 4 is 15.8 Å². The molecule has 0 saturated carbocycles. The summed E-state index contributed by atoms with van der Waals surface area (Å²) in [5, 5.41) is 13.4. The van der Waals surface area contributed by atoms with Crippen LogP contribution in [0.5, 0.6) is 0 Å². The summed E-state index contributed by atoms with van der Waals surface area (Å²) < 4.78 is 30.7. The highest BCUT2D eigenvalue weighted by atomic mass is 32.2. The first-order chi connectivity index (χ1) is 14.5. The Kier molecular flexibility index (Phi) is 8.03. The third-order valence-electron chi connectivity index (χ3n) is 5.71. The second-order valence-electron chi connectivity index (χ2n) is 8.60. The third-order valence-corrected chi connectivity index (χ3v) is 7.12. The van der Waals surface area contributed by atoms with Gasteiger partial charge >= 0.3 is 10.1 Å². The molecule has 0 aliphatic carbocycles. The number of oxime groups is 1. The molecular weight excluding hydrogens is 414 g/mol. The lowest BCUT2D eigenvalue weighted by Gasteiger charge is -2.31. The van der Waals surface area contributed by atoms with Crippen molar-refractivity contribution in [3.8, 4) is 0 Å². The summed E-state index contributed by atoms with van der Waals surface area (Å²) in [6.45, 7) is 13.4. The molecule has 7 heteroatoms. The van der Waals surface area contributed by atoms with Crippen molar-refractivity contribution in [2.24, 2.45) is 10.6 Å². The van der Waals surface area contributed by atoms with E-state index in [1.165, 1.54) is 0 Å². The van der Waals surface area contributed by atoms with Crippen LogP contribution in [0.2, 0.25) is 0 Å². The van der Waals surface area contributed by atoms with Crippen molar-refractivity contribution in [2.75, 3.05) is 0 Å². The van der Waals surface area contributed by atoms with E-state index in [0.717, 1.165) is 23.1 Å². The van der Waals surface area contributed by atoms with Crippen LogP contribution in [0.15, 0.2) is 46.4 Å². The quantitative estimate of drug-likeness (QED) is 0.285. The molecule has 2 aromatic carbocycles. The SMILES string of the molecule is CC/C(=N/OS(=O)(=O)c1c(C)cc(C)cc1C)c1ccc(C(OO)C(C)(C)CC)cc1. The minimum Gasteiger partial charge on any atom is -0.264 e. The fourth-order valence-electron chi connectivity index (χ4n) is 3.70. The predicted octanol–water partition coefficient (Wildman–Crippen LogP) is 6.10. The van der Waals surface area contributed by atoms with Gasteiger partial charge in [-0.2, -0.15) is 8.42 Å². The molecule has 31 heavy (non-hydrogen) atoms. The Morgan fingerprint density at radius 2 is 1.61 bits per heavy atom. The summed E-state index contributed by atoms with van der Waals surface area (Å²) in [5.74, 6) is 0. The molecule has 0 radical (unpaired) electrons. The van der Waals surface area contributed by atoms with E-state index >= 15 is 0 Å². The van der Waals surface area contributed by atoms with Crippen LogP contribution < -0.4 is 0 Å². The first kappa shape index (κ1) is 25.0. The Hall–Kier alpha value is -2.22. The Labute approximate surface area is 186 Å². The van der Waals surface area contributed by atoms with Crippen molar-refractivity contribution in [1.29, 1.82) is 0 Å². The largest absolute Gasteiger partial charge is 0.359 e. The van der Waals surface area contributed by atoms with Gasteiger partial charge in [-0.05, 0) is 61.3 Å². The van der Waals surface area contributed by atoms with Crippen molar-refractivity contribution in [1.82, 2.24) is 0 Å². The average Bonchev–Trinajstić information content (AvgIpc) is 2.68. The molecule has 6 nitrogen and oxygen atoms in total. The first-order valence-electron chi connectivity index (χ1n) is 10.5. The van der Waals surface area contributed by atoms with Gasteiger partial charge in [-0.3, -0.25) is 9.54 Å². The van der Waals surface area contributed by atoms with Crippen LogP contribution in [0.3, 0.4) is 0 Å². The van der Waals surface area contributed by atoms with Gasteiger partial charge < -0.3 is 0 Å². The van der Waals surface area contributed by atoms with E-state index in [1.807, 2.05) is 71.0 Å². The zero-order chi connectivity index (χ0) is 23.4. The number of nitrogens with zero attached hydrogens (tertiary/aromatic N) is 1. The molecule has 1 N–H and O–H groups in total. The molecule has 0 amide bonds. The van der Waals surface area contributed by atoms with Gasteiger partial charge in [-0.1, -0.05) is 74.8 Å². The third kappa shape index (κ3) is 5.73. The molecule has 2 aromatic rings. The lowest BCUT2D eigenvalue weighted by atomic mass is 9.80. The maximum atomic E-state index is 12.8. The second kappa shape index (κ2) is 9.94. The van der Waals surface area contributed by atoms with Crippen molar-refractivity contribution in [2.45, 2.75) is 72.3 Å². The Bertz CT molecular complexity index is 1020. The van der Waals surface area contributed by atoms with Crippen LogP contribution in [-0.2, 0) is 19.3 Å². The highest BCUT2D eigenvalue weighted by Crippen LogP contribution is 2.38. The van der Waals surface area contributed by atoms with E-state index in [4.69, 9.17) is 9.17 Å². The number of aryl methyl sites for hydroxylation is 3. The second-order valence-corrected chi connectivity index (χ2v) is 10.1. The molecular formula is C24H33NO5S. The zero-order valence-corrected chi connectivity index (χ0v) is 20.2. The Morgan fingerprint density at radius 3 is 2.06 bits per heavy atom. The lowest BCUT2D eigenvalue weighted by molar-refractivity contribution is -0.305. The van der Waals surface area contributed by atoms with E-state index in [1.54, 1.807) is 13.8 Å². The van der Waals surface area contributed by atoms with Gasteiger partial charge in [-0.15, -0.1) is 0 Å². The highest BCUT2D eigenvalue weighted by Gasteiger charge is 2.30. The molecule has 0 heterocycles. The first-order valence-corrected chi connectivity index (χ1v) is 11.9. The molecule has 0 aromatic heterocycles. The summed E-state index contributed by atoms with van der Waals surface area (Å²) in [4.78, 5) is 4.91. The number of rotatable bonds is 9. The van der Waals surface area contributed by atoms with Crippen LogP contribution in [-0.4, -0.2) is 19.4 Å². The van der Waals surface area contributed by atoms with Crippen molar-refractivity contribution in [3.05, 3.63) is 64.2 Å². The summed E-state index contributed by atoms with van der Waals surface area (Å²) in [5.41, 5.74) is 4.07. The maximum absolute atomic E-state index is 12.8. The van der Waals surface area contributed by atoms with Gasteiger partial charge in [-0.25, -0.2) is 4.89 Å². The van der Waals surface area contributed by atoms with Gasteiger partial charge in [0, 0.05) is 0 Å². The minimum atomic E-state index is -4.04. The number of hydrogen-bond donors (Lipinski definition) is 1. The molecule has 0 spiro atoms. The molecule has 0 fully saturated rings. The normalized spacial score (nSPS) is 13.9. The van der Waals surface area contributed by atoms with Crippen LogP contribution >= 0.6 is 0 Å². The van der Waals surface area contributed by atoms with E-state index in [9.17, 15) is 13.7 Å². The Morgan fingerprint density at radius 1 is 1.06 bits per heavy atom. The molecule has 0 saturated heterocycles. The fourth-order valence-corrected chi connectivity index (χ4v) is 4.87. The molecule has 0 aliphatic heterocycles. The smallest absolute Gasteiger partial charge is 0.264 e. The van der Waals surface area contributed by atoms with E-state index in [2.05, 4.69) is 5.16 Å². The van der Waals surface area contributed by atoms with Crippen molar-refractivity contribution < 1.29 is 22.8 Å². The van der Waals surface area contributed by atoms with Gasteiger partial charge in [0.1, 0.15) is 11.0 Å². The van der Waals surface area contributed by atoms with Crippen LogP contribution in [0.4, 0.5) is 0 Å². The zero-order valence-electron chi connectivity index (χ0n) is 19.4.